The molecule has 1 aliphatic heterocycles. The maximum absolute atomic E-state index is 5.23. The highest BCUT2D eigenvalue weighted by atomic mass is 79.9. The molecule has 0 saturated carbocycles. The summed E-state index contributed by atoms with van der Waals surface area (Å²) in [5.74, 6) is 0. The molecule has 1 heterocycles. The lowest BCUT2D eigenvalue weighted by atomic mass is 10.2. The van der Waals surface area contributed by atoms with Crippen LogP contribution >= 0.6 is 47.8 Å². The molecule has 0 aliphatic carbocycles. The fraction of sp³-hybridized carbons (Fsp3) is 0.250. The van der Waals surface area contributed by atoms with E-state index in [0.29, 0.717) is 0 Å². The van der Waals surface area contributed by atoms with E-state index < -0.39 is 0 Å². The number of epoxide rings is 1. The van der Waals surface area contributed by atoms with E-state index in [-0.39, 0.29) is 6.10 Å². The number of rotatable bonds is 1. The second kappa shape index (κ2) is 3.40. The molecule has 1 aliphatic rings. The number of ether oxygens (including phenoxy) is 1. The van der Waals surface area contributed by atoms with Gasteiger partial charge >= 0.3 is 0 Å². The molecule has 0 radical (unpaired) electrons. The van der Waals surface area contributed by atoms with Gasteiger partial charge in [-0.05, 0) is 44.0 Å². The predicted molar refractivity (Wildman–Crippen MR) is 58.2 cm³/mol. The first kappa shape index (κ1) is 9.19. The highest BCUT2D eigenvalue weighted by Crippen LogP contribution is 2.42. The second-order valence-electron chi connectivity index (χ2n) is 2.58. The Hall–Kier alpha value is 0.620. The Morgan fingerprint density at radius 3 is 2.33 bits per heavy atom. The molecule has 0 spiro atoms. The topological polar surface area (TPSA) is 12.5 Å². The highest BCUT2D eigenvalue weighted by molar-refractivity contribution is 9.13. The molecule has 1 nitrogen and oxygen atoms in total. The van der Waals surface area contributed by atoms with Gasteiger partial charge in [-0.25, -0.2) is 0 Å². The Balaban J connectivity index is 2.55. The number of hydrogen-bond acceptors (Lipinski definition) is 1. The van der Waals surface area contributed by atoms with Crippen molar-refractivity contribution in [2.24, 2.45) is 0 Å². The van der Waals surface area contributed by atoms with Crippen LogP contribution in [0.25, 0.3) is 0 Å². The molecule has 4 heteroatoms. The summed E-state index contributed by atoms with van der Waals surface area (Å²) in [4.78, 5) is 0. The van der Waals surface area contributed by atoms with Crippen molar-refractivity contribution in [3.8, 4) is 0 Å². The van der Waals surface area contributed by atoms with Gasteiger partial charge in [0.05, 0.1) is 6.61 Å². The maximum Gasteiger partial charge on any atom is 0.108 e. The Morgan fingerprint density at radius 2 is 1.75 bits per heavy atom. The summed E-state index contributed by atoms with van der Waals surface area (Å²) >= 11 is 10.5. The molecule has 0 amide bonds. The highest BCUT2D eigenvalue weighted by Gasteiger charge is 2.29. The number of hydrogen-bond donors (Lipinski definition) is 0. The molecular formula is C8H5Br3O. The van der Waals surface area contributed by atoms with Gasteiger partial charge in [0.25, 0.3) is 0 Å². The van der Waals surface area contributed by atoms with Gasteiger partial charge in [-0.1, -0.05) is 15.9 Å². The van der Waals surface area contributed by atoms with Gasteiger partial charge in [0, 0.05) is 19.0 Å². The van der Waals surface area contributed by atoms with Gasteiger partial charge < -0.3 is 4.74 Å². The summed E-state index contributed by atoms with van der Waals surface area (Å²) in [6.45, 7) is 0.827. The Morgan fingerprint density at radius 1 is 1.17 bits per heavy atom. The van der Waals surface area contributed by atoms with E-state index in [0.717, 1.165) is 20.0 Å². The third kappa shape index (κ3) is 1.62. The maximum atomic E-state index is 5.23. The van der Waals surface area contributed by atoms with Crippen LogP contribution in [0.4, 0.5) is 0 Å². The zero-order chi connectivity index (χ0) is 8.72. The van der Waals surface area contributed by atoms with Crippen LogP contribution in [0.15, 0.2) is 25.6 Å². The average Bonchev–Trinajstić information content (AvgIpc) is 2.81. The lowest BCUT2D eigenvalue weighted by Gasteiger charge is -2.05. The minimum atomic E-state index is 0.270. The van der Waals surface area contributed by atoms with Crippen molar-refractivity contribution in [3.63, 3.8) is 0 Å². The molecule has 1 aromatic carbocycles. The average molecular weight is 357 g/mol. The summed E-state index contributed by atoms with van der Waals surface area (Å²) in [5, 5.41) is 0. The summed E-state index contributed by atoms with van der Waals surface area (Å²) in [5.41, 5.74) is 1.20. The summed E-state index contributed by atoms with van der Waals surface area (Å²) in [6, 6.07) is 4.02. The van der Waals surface area contributed by atoms with Crippen molar-refractivity contribution in [2.45, 2.75) is 6.10 Å². The largest absolute Gasteiger partial charge is 0.368 e. The Kier molecular flexibility index (Phi) is 2.61. The van der Waals surface area contributed by atoms with Crippen LogP contribution in [-0.2, 0) is 4.74 Å². The molecule has 1 fully saturated rings. The summed E-state index contributed by atoms with van der Waals surface area (Å²) < 4.78 is 8.48. The van der Waals surface area contributed by atoms with Gasteiger partial charge in [0.2, 0.25) is 0 Å². The van der Waals surface area contributed by atoms with Crippen molar-refractivity contribution in [1.29, 1.82) is 0 Å². The van der Waals surface area contributed by atoms with Gasteiger partial charge in [0.15, 0.2) is 0 Å². The van der Waals surface area contributed by atoms with Crippen LogP contribution in [0.5, 0.6) is 0 Å². The van der Waals surface area contributed by atoms with Gasteiger partial charge in [-0.15, -0.1) is 0 Å². The van der Waals surface area contributed by atoms with E-state index in [1.54, 1.807) is 0 Å². The lowest BCUT2D eigenvalue weighted by Crippen LogP contribution is -1.86. The quantitative estimate of drug-likeness (QED) is 0.546. The first-order chi connectivity index (χ1) is 5.70. The Labute approximate surface area is 95.9 Å². The van der Waals surface area contributed by atoms with E-state index >= 15 is 0 Å². The molecule has 64 valence electrons. The molecule has 0 aromatic heterocycles. The van der Waals surface area contributed by atoms with E-state index in [2.05, 4.69) is 47.8 Å². The predicted octanol–water partition coefficient (Wildman–Crippen LogP) is 4.05. The lowest BCUT2D eigenvalue weighted by molar-refractivity contribution is 0.414. The zero-order valence-electron chi connectivity index (χ0n) is 5.98. The van der Waals surface area contributed by atoms with Crippen LogP contribution < -0.4 is 0 Å². The van der Waals surface area contributed by atoms with Crippen LogP contribution in [0.2, 0.25) is 0 Å². The summed E-state index contributed by atoms with van der Waals surface area (Å²) in [6.07, 6.45) is 0.270. The van der Waals surface area contributed by atoms with Gasteiger partial charge in [0.1, 0.15) is 6.10 Å². The molecule has 0 bridgehead atoms. The van der Waals surface area contributed by atoms with E-state index in [9.17, 15) is 0 Å². The first-order valence-electron chi connectivity index (χ1n) is 3.45. The molecule has 2 rings (SSSR count). The molecule has 1 unspecified atom stereocenters. The molecule has 1 saturated heterocycles. The van der Waals surface area contributed by atoms with Crippen LogP contribution in [-0.4, -0.2) is 6.61 Å². The molecule has 1 atom stereocenters. The second-order valence-corrected chi connectivity index (χ2v) is 5.08. The minimum Gasteiger partial charge on any atom is -0.368 e. The van der Waals surface area contributed by atoms with Crippen LogP contribution in [0, 0.1) is 0 Å². The van der Waals surface area contributed by atoms with Crippen LogP contribution in [0.1, 0.15) is 11.7 Å². The third-order valence-corrected chi connectivity index (χ3v) is 4.47. The fourth-order valence-electron chi connectivity index (χ4n) is 1.05. The monoisotopic (exact) mass is 354 g/mol. The van der Waals surface area contributed by atoms with E-state index in [1.165, 1.54) is 5.56 Å². The Bertz CT molecular complexity index is 320. The zero-order valence-corrected chi connectivity index (χ0v) is 10.7. The van der Waals surface area contributed by atoms with Gasteiger partial charge in [-0.3, -0.25) is 0 Å². The fourth-order valence-corrected chi connectivity index (χ4v) is 2.85. The van der Waals surface area contributed by atoms with Crippen molar-refractivity contribution in [1.82, 2.24) is 0 Å². The normalized spacial score (nSPS) is 21.1. The summed E-state index contributed by atoms with van der Waals surface area (Å²) in [7, 11) is 0. The van der Waals surface area contributed by atoms with Crippen molar-refractivity contribution in [3.05, 3.63) is 31.1 Å². The number of benzene rings is 1. The molecule has 12 heavy (non-hydrogen) atoms. The standard InChI is InChI=1S/C8H5Br3O/c9-4-1-2-5(10)8(11)7(4)6-3-12-6/h1-2,6H,3H2. The molecule has 0 N–H and O–H groups in total. The van der Waals surface area contributed by atoms with Crippen molar-refractivity contribution < 1.29 is 4.74 Å². The van der Waals surface area contributed by atoms with E-state index in [1.807, 2.05) is 12.1 Å². The smallest absolute Gasteiger partial charge is 0.108 e. The number of halogens is 3. The van der Waals surface area contributed by atoms with Crippen molar-refractivity contribution in [2.75, 3.05) is 6.61 Å². The van der Waals surface area contributed by atoms with E-state index in [4.69, 9.17) is 4.74 Å². The third-order valence-electron chi connectivity index (χ3n) is 1.73. The first-order valence-corrected chi connectivity index (χ1v) is 5.83. The van der Waals surface area contributed by atoms with Crippen LogP contribution in [0.3, 0.4) is 0 Å². The minimum absolute atomic E-state index is 0.270. The SMILES string of the molecule is Brc1ccc(Br)c(C2CO2)c1Br. The van der Waals surface area contributed by atoms with Crippen molar-refractivity contribution >= 4 is 47.8 Å². The molecular weight excluding hydrogens is 352 g/mol. The molecule has 1 aromatic rings. The van der Waals surface area contributed by atoms with Gasteiger partial charge in [-0.2, -0.15) is 0 Å².